The van der Waals surface area contributed by atoms with Gasteiger partial charge in [0.25, 0.3) is 0 Å². The number of carboxylic acid groups (broad SMARTS) is 1. The predicted octanol–water partition coefficient (Wildman–Crippen LogP) is 0.837. The van der Waals surface area contributed by atoms with Crippen LogP contribution in [0.5, 0.6) is 0 Å². The summed E-state index contributed by atoms with van der Waals surface area (Å²) in [5, 5.41) is 17.8. The average Bonchev–Trinajstić information content (AvgIpc) is 2.76. The Labute approximate surface area is 90.4 Å². The van der Waals surface area contributed by atoms with Gasteiger partial charge in [-0.1, -0.05) is 0 Å². The average molecular weight is 214 g/mol. The number of rotatable bonds is 2. The lowest BCUT2D eigenvalue weighted by molar-refractivity contribution is 0.0696. The molecular formula is C10H6N4O2. The summed E-state index contributed by atoms with van der Waals surface area (Å²) in [6.45, 7) is 0. The lowest BCUT2D eigenvalue weighted by Crippen LogP contribution is -2.08. The number of carboxylic acids is 1. The fraction of sp³-hybridized carbons (Fsp3) is 0. The zero-order valence-corrected chi connectivity index (χ0v) is 8.03. The van der Waals surface area contributed by atoms with Gasteiger partial charge in [-0.25, -0.2) is 14.8 Å². The molecule has 0 atom stereocenters. The normalized spacial score (nSPS) is 9.69. The van der Waals surface area contributed by atoms with Crippen molar-refractivity contribution in [1.29, 1.82) is 5.26 Å². The Kier molecular flexibility index (Phi) is 2.36. The minimum Gasteiger partial charge on any atom is -0.478 e. The van der Waals surface area contributed by atoms with Crippen LogP contribution in [0.2, 0.25) is 0 Å². The van der Waals surface area contributed by atoms with Gasteiger partial charge in [-0.2, -0.15) is 5.26 Å². The summed E-state index contributed by atoms with van der Waals surface area (Å²) in [7, 11) is 0. The van der Waals surface area contributed by atoms with Crippen molar-refractivity contribution >= 4 is 5.97 Å². The molecule has 78 valence electrons. The van der Waals surface area contributed by atoms with Crippen LogP contribution in [0.4, 0.5) is 0 Å². The molecule has 6 heteroatoms. The zero-order chi connectivity index (χ0) is 11.5. The van der Waals surface area contributed by atoms with Crippen LogP contribution < -0.4 is 0 Å². The van der Waals surface area contributed by atoms with E-state index < -0.39 is 5.97 Å². The number of nitrogens with zero attached hydrogens (tertiary/aromatic N) is 4. The molecule has 0 unspecified atom stereocenters. The van der Waals surface area contributed by atoms with Crippen LogP contribution in [0.1, 0.15) is 16.2 Å². The number of aromatic carboxylic acids is 1. The minimum atomic E-state index is -1.10. The molecule has 0 saturated carbocycles. The maximum Gasteiger partial charge on any atom is 0.339 e. The van der Waals surface area contributed by atoms with Crippen molar-refractivity contribution < 1.29 is 9.90 Å². The van der Waals surface area contributed by atoms with Gasteiger partial charge >= 0.3 is 5.97 Å². The molecule has 0 aliphatic carbocycles. The Balaban J connectivity index is 2.66. The highest BCUT2D eigenvalue weighted by Crippen LogP contribution is 2.12. The van der Waals surface area contributed by atoms with Gasteiger partial charge in [0, 0.05) is 18.6 Å². The van der Waals surface area contributed by atoms with Crippen LogP contribution in [-0.2, 0) is 0 Å². The Bertz CT molecular complexity index is 583. The fourth-order valence-electron chi connectivity index (χ4n) is 1.31. The molecule has 0 spiro atoms. The number of hydrogen-bond acceptors (Lipinski definition) is 4. The van der Waals surface area contributed by atoms with E-state index in [9.17, 15) is 4.79 Å². The molecule has 0 fully saturated rings. The van der Waals surface area contributed by atoms with Crippen molar-refractivity contribution in [3.63, 3.8) is 0 Å². The van der Waals surface area contributed by atoms with Crippen LogP contribution in [-0.4, -0.2) is 25.6 Å². The summed E-state index contributed by atoms with van der Waals surface area (Å²) in [5.74, 6) is -0.814. The molecule has 1 N–H and O–H groups in total. The Morgan fingerprint density at radius 1 is 1.44 bits per heavy atom. The van der Waals surface area contributed by atoms with Gasteiger partial charge < -0.3 is 5.11 Å². The molecule has 2 rings (SSSR count). The third kappa shape index (κ3) is 1.50. The van der Waals surface area contributed by atoms with Crippen LogP contribution in [0.3, 0.4) is 0 Å². The molecule has 0 aromatic carbocycles. The maximum absolute atomic E-state index is 11.0. The highest BCUT2D eigenvalue weighted by molar-refractivity contribution is 5.91. The van der Waals surface area contributed by atoms with E-state index in [4.69, 9.17) is 10.4 Å². The number of carbonyl (C=O) groups is 1. The molecule has 0 radical (unpaired) electrons. The van der Waals surface area contributed by atoms with Crippen molar-refractivity contribution in [3.8, 4) is 11.9 Å². The van der Waals surface area contributed by atoms with E-state index in [2.05, 4.69) is 9.97 Å². The Hall–Kier alpha value is -2.68. The molecule has 0 amide bonds. The molecule has 0 aliphatic rings. The first kappa shape index (κ1) is 9.86. The van der Waals surface area contributed by atoms with Crippen molar-refractivity contribution in [2.45, 2.75) is 0 Å². The summed E-state index contributed by atoms with van der Waals surface area (Å²) in [6.07, 6.45) is 4.37. The van der Waals surface area contributed by atoms with Crippen molar-refractivity contribution in [2.24, 2.45) is 0 Å². The van der Waals surface area contributed by atoms with E-state index in [1.54, 1.807) is 0 Å². The van der Waals surface area contributed by atoms with Crippen LogP contribution in [0, 0.1) is 11.3 Å². The van der Waals surface area contributed by atoms with Crippen LogP contribution in [0.15, 0.2) is 30.7 Å². The molecule has 6 nitrogen and oxygen atoms in total. The topological polar surface area (TPSA) is 91.8 Å². The first-order valence-corrected chi connectivity index (χ1v) is 4.36. The molecule has 0 aliphatic heterocycles. The molecule has 0 bridgehead atoms. The third-order valence-corrected chi connectivity index (χ3v) is 1.99. The number of aromatic nitrogens is 3. The fourth-order valence-corrected chi connectivity index (χ4v) is 1.31. The standard InChI is InChI=1S/C10H6N4O2/c11-6-8-12-4-5-14(8)9-7(10(15)16)2-1-3-13-9/h1-5H,(H,15,16). The molecule has 16 heavy (non-hydrogen) atoms. The Morgan fingerprint density at radius 3 is 2.94 bits per heavy atom. The lowest BCUT2D eigenvalue weighted by Gasteiger charge is -2.05. The molecular weight excluding hydrogens is 208 g/mol. The molecule has 2 aromatic rings. The summed E-state index contributed by atoms with van der Waals surface area (Å²) >= 11 is 0. The van der Waals surface area contributed by atoms with Gasteiger partial charge in [0.15, 0.2) is 5.82 Å². The van der Waals surface area contributed by atoms with E-state index in [1.807, 2.05) is 6.07 Å². The highest BCUT2D eigenvalue weighted by atomic mass is 16.4. The molecule has 2 aromatic heterocycles. The third-order valence-electron chi connectivity index (χ3n) is 1.99. The second kappa shape index (κ2) is 3.82. The highest BCUT2D eigenvalue weighted by Gasteiger charge is 2.14. The predicted molar refractivity (Wildman–Crippen MR) is 53.0 cm³/mol. The monoisotopic (exact) mass is 214 g/mol. The first-order valence-electron chi connectivity index (χ1n) is 4.36. The molecule has 2 heterocycles. The van der Waals surface area contributed by atoms with Gasteiger partial charge in [0.05, 0.1) is 0 Å². The van der Waals surface area contributed by atoms with Crippen molar-refractivity contribution in [3.05, 3.63) is 42.1 Å². The summed E-state index contributed by atoms with van der Waals surface area (Å²) in [6, 6.07) is 4.81. The largest absolute Gasteiger partial charge is 0.478 e. The van der Waals surface area contributed by atoms with Gasteiger partial charge in [-0.15, -0.1) is 0 Å². The van der Waals surface area contributed by atoms with Crippen molar-refractivity contribution in [1.82, 2.24) is 14.5 Å². The van der Waals surface area contributed by atoms with E-state index >= 15 is 0 Å². The zero-order valence-electron chi connectivity index (χ0n) is 8.03. The van der Waals surface area contributed by atoms with Gasteiger partial charge in [-0.05, 0) is 12.1 Å². The quantitative estimate of drug-likeness (QED) is 0.799. The van der Waals surface area contributed by atoms with E-state index in [0.29, 0.717) is 0 Å². The second-order valence-electron chi connectivity index (χ2n) is 2.91. The minimum absolute atomic E-state index is 0.0250. The summed E-state index contributed by atoms with van der Waals surface area (Å²) in [4.78, 5) is 18.7. The van der Waals surface area contributed by atoms with E-state index in [1.165, 1.54) is 35.3 Å². The number of imidazole rings is 1. The van der Waals surface area contributed by atoms with E-state index in [-0.39, 0.29) is 17.2 Å². The van der Waals surface area contributed by atoms with Gasteiger partial charge in [0.1, 0.15) is 11.6 Å². The number of hydrogen-bond donors (Lipinski definition) is 1. The first-order chi connectivity index (χ1) is 7.74. The summed E-state index contributed by atoms with van der Waals surface area (Å²) < 4.78 is 1.34. The van der Waals surface area contributed by atoms with Crippen LogP contribution >= 0.6 is 0 Å². The van der Waals surface area contributed by atoms with Crippen molar-refractivity contribution in [2.75, 3.05) is 0 Å². The second-order valence-corrected chi connectivity index (χ2v) is 2.91. The smallest absolute Gasteiger partial charge is 0.339 e. The van der Waals surface area contributed by atoms with Gasteiger partial charge in [0.2, 0.25) is 5.82 Å². The summed E-state index contributed by atoms with van der Waals surface area (Å²) in [5.41, 5.74) is 0.0250. The van der Waals surface area contributed by atoms with E-state index in [0.717, 1.165) is 0 Å². The van der Waals surface area contributed by atoms with Gasteiger partial charge in [-0.3, -0.25) is 4.57 Å². The lowest BCUT2D eigenvalue weighted by atomic mass is 10.2. The Morgan fingerprint density at radius 2 is 2.25 bits per heavy atom. The SMILES string of the molecule is N#Cc1nccn1-c1ncccc1C(=O)O. The number of nitriles is 1. The molecule has 0 saturated heterocycles. The number of pyridine rings is 1. The van der Waals surface area contributed by atoms with Crippen LogP contribution in [0.25, 0.3) is 5.82 Å². The maximum atomic E-state index is 11.0.